The second-order valence-corrected chi connectivity index (χ2v) is 11.5. The fraction of sp³-hybridized carbons (Fsp3) is 0.440. The SMILES string of the molecule is CC(C)(Cc1ccc2ccccc2c1)NCC(O)COC(c1ccc(Br)s1)C1CC1. The molecule has 1 aliphatic rings. The van der Waals surface area contributed by atoms with E-state index in [1.165, 1.54) is 34.1 Å². The van der Waals surface area contributed by atoms with Crippen LogP contribution in [0.2, 0.25) is 0 Å². The molecule has 0 spiro atoms. The molecule has 5 heteroatoms. The highest BCUT2D eigenvalue weighted by Gasteiger charge is 2.34. The second kappa shape index (κ2) is 9.49. The minimum Gasteiger partial charge on any atom is -0.389 e. The number of nitrogens with one attached hydrogen (secondary N) is 1. The zero-order valence-corrected chi connectivity index (χ0v) is 20.0. The molecule has 2 aromatic carbocycles. The van der Waals surface area contributed by atoms with Gasteiger partial charge in [0.15, 0.2) is 0 Å². The molecule has 2 N–H and O–H groups in total. The number of hydrogen-bond donors (Lipinski definition) is 2. The number of benzene rings is 2. The lowest BCUT2D eigenvalue weighted by Gasteiger charge is -2.28. The summed E-state index contributed by atoms with van der Waals surface area (Å²) >= 11 is 5.27. The second-order valence-electron chi connectivity index (χ2n) is 9.01. The van der Waals surface area contributed by atoms with E-state index in [-0.39, 0.29) is 11.6 Å². The molecule has 2 unspecified atom stereocenters. The van der Waals surface area contributed by atoms with Crippen LogP contribution in [0.15, 0.2) is 58.4 Å². The predicted octanol–water partition coefficient (Wildman–Crippen LogP) is 6.10. The van der Waals surface area contributed by atoms with Gasteiger partial charge in [-0.25, -0.2) is 0 Å². The van der Waals surface area contributed by atoms with Crippen molar-refractivity contribution in [3.63, 3.8) is 0 Å². The molecule has 1 fully saturated rings. The van der Waals surface area contributed by atoms with Crippen LogP contribution in [0, 0.1) is 5.92 Å². The molecule has 1 heterocycles. The summed E-state index contributed by atoms with van der Waals surface area (Å²) in [4.78, 5) is 1.25. The smallest absolute Gasteiger partial charge is 0.0946 e. The van der Waals surface area contributed by atoms with Crippen LogP contribution in [0.5, 0.6) is 0 Å². The van der Waals surface area contributed by atoms with Crippen molar-refractivity contribution in [3.8, 4) is 0 Å². The maximum atomic E-state index is 10.5. The minimum atomic E-state index is -0.523. The van der Waals surface area contributed by atoms with Gasteiger partial charge in [0.2, 0.25) is 0 Å². The Kier molecular flexibility index (Phi) is 6.95. The lowest BCUT2D eigenvalue weighted by atomic mass is 9.93. The van der Waals surface area contributed by atoms with E-state index in [1.807, 2.05) is 0 Å². The normalized spacial score (nSPS) is 16.7. The fourth-order valence-corrected chi connectivity index (χ4v) is 5.49. The van der Waals surface area contributed by atoms with Crippen LogP contribution in [0.4, 0.5) is 0 Å². The summed E-state index contributed by atoms with van der Waals surface area (Å²) in [6.07, 6.45) is 2.92. The van der Waals surface area contributed by atoms with Gasteiger partial charge in [0, 0.05) is 17.0 Å². The molecule has 160 valence electrons. The Morgan fingerprint density at radius 3 is 2.60 bits per heavy atom. The van der Waals surface area contributed by atoms with E-state index in [9.17, 15) is 5.11 Å². The standard InChI is InChI=1S/C25H30BrNO2S/c1-25(2,14-17-7-8-18-5-3-4-6-20(18)13-17)27-15-21(28)16-29-24(19-9-10-19)22-11-12-23(26)30-22/h3-8,11-13,19,21,24,27-28H,9-10,14-16H2,1-2H3. The lowest BCUT2D eigenvalue weighted by molar-refractivity contribution is -0.0196. The van der Waals surface area contributed by atoms with Crippen molar-refractivity contribution in [2.75, 3.05) is 13.2 Å². The van der Waals surface area contributed by atoms with Crippen molar-refractivity contribution in [1.82, 2.24) is 5.32 Å². The third-order valence-electron chi connectivity index (χ3n) is 5.67. The van der Waals surface area contributed by atoms with Crippen molar-refractivity contribution < 1.29 is 9.84 Å². The summed E-state index contributed by atoms with van der Waals surface area (Å²) in [5.41, 5.74) is 1.19. The fourth-order valence-electron chi connectivity index (χ4n) is 3.92. The third-order valence-corrected chi connectivity index (χ3v) is 7.35. The number of aliphatic hydroxyl groups excluding tert-OH is 1. The number of fused-ring (bicyclic) bond motifs is 1. The minimum absolute atomic E-state index is 0.113. The van der Waals surface area contributed by atoms with Crippen molar-refractivity contribution in [3.05, 3.63) is 68.8 Å². The van der Waals surface area contributed by atoms with Crippen LogP contribution in [0.1, 0.15) is 43.2 Å². The Morgan fingerprint density at radius 1 is 1.13 bits per heavy atom. The number of β-amino-alcohol motifs (C(OH)–C–C–N with tert-alkyl or cyclic N) is 1. The lowest BCUT2D eigenvalue weighted by Crippen LogP contribution is -2.46. The van der Waals surface area contributed by atoms with E-state index in [2.05, 4.69) is 89.7 Å². The molecule has 0 aliphatic heterocycles. The number of rotatable bonds is 10. The maximum absolute atomic E-state index is 10.5. The molecule has 0 amide bonds. The predicted molar refractivity (Wildman–Crippen MR) is 129 cm³/mol. The van der Waals surface area contributed by atoms with Gasteiger partial charge in [0.1, 0.15) is 0 Å². The van der Waals surface area contributed by atoms with Crippen LogP contribution >= 0.6 is 27.3 Å². The number of hydrogen-bond acceptors (Lipinski definition) is 4. The summed E-state index contributed by atoms with van der Waals surface area (Å²) in [6.45, 7) is 5.25. The van der Waals surface area contributed by atoms with Gasteiger partial charge in [-0.3, -0.25) is 0 Å². The Bertz CT molecular complexity index is 982. The molecular weight excluding hydrogens is 458 g/mol. The van der Waals surface area contributed by atoms with E-state index in [1.54, 1.807) is 11.3 Å². The monoisotopic (exact) mass is 487 g/mol. The molecule has 0 bridgehead atoms. The summed E-state index contributed by atoms with van der Waals surface area (Å²) in [6, 6.07) is 19.3. The quantitative estimate of drug-likeness (QED) is 0.362. The first-order chi connectivity index (χ1) is 14.4. The van der Waals surface area contributed by atoms with Gasteiger partial charge in [-0.2, -0.15) is 0 Å². The Hall–Kier alpha value is -1.24. The van der Waals surface area contributed by atoms with E-state index in [0.29, 0.717) is 19.1 Å². The molecule has 30 heavy (non-hydrogen) atoms. The molecule has 1 aromatic heterocycles. The summed E-state index contributed by atoms with van der Waals surface area (Å²) in [7, 11) is 0. The van der Waals surface area contributed by atoms with Gasteiger partial charge in [-0.1, -0.05) is 42.5 Å². The van der Waals surface area contributed by atoms with Gasteiger partial charge >= 0.3 is 0 Å². The van der Waals surface area contributed by atoms with Crippen LogP contribution in [0.3, 0.4) is 0 Å². The molecule has 3 aromatic rings. The van der Waals surface area contributed by atoms with E-state index in [0.717, 1.165) is 10.2 Å². The molecule has 1 aliphatic carbocycles. The number of aliphatic hydroxyl groups is 1. The van der Waals surface area contributed by atoms with Gasteiger partial charge in [-0.05, 0) is 83.4 Å². The summed E-state index contributed by atoms with van der Waals surface area (Å²) in [5, 5.41) is 16.6. The van der Waals surface area contributed by atoms with Crippen molar-refractivity contribution in [2.45, 2.75) is 50.9 Å². The average Bonchev–Trinajstić information content (AvgIpc) is 3.47. The van der Waals surface area contributed by atoms with Crippen LogP contribution < -0.4 is 5.32 Å². The molecule has 1 saturated carbocycles. The van der Waals surface area contributed by atoms with Crippen LogP contribution in [-0.4, -0.2) is 29.9 Å². The highest BCUT2D eigenvalue weighted by Crippen LogP contribution is 2.45. The van der Waals surface area contributed by atoms with Crippen molar-refractivity contribution in [1.29, 1.82) is 0 Å². The number of ether oxygens (including phenoxy) is 1. The topological polar surface area (TPSA) is 41.5 Å². The summed E-state index contributed by atoms with van der Waals surface area (Å²) in [5.74, 6) is 0.597. The Morgan fingerprint density at radius 2 is 1.90 bits per heavy atom. The van der Waals surface area contributed by atoms with Gasteiger partial charge in [0.05, 0.1) is 22.6 Å². The van der Waals surface area contributed by atoms with E-state index in [4.69, 9.17) is 4.74 Å². The first-order valence-corrected chi connectivity index (χ1v) is 12.3. The highest BCUT2D eigenvalue weighted by atomic mass is 79.9. The first-order valence-electron chi connectivity index (χ1n) is 10.7. The molecule has 4 rings (SSSR count). The third kappa shape index (κ3) is 5.92. The Labute approximate surface area is 191 Å². The maximum Gasteiger partial charge on any atom is 0.0946 e. The van der Waals surface area contributed by atoms with Gasteiger partial charge in [0.25, 0.3) is 0 Å². The van der Waals surface area contributed by atoms with Crippen molar-refractivity contribution >= 4 is 38.0 Å². The summed E-state index contributed by atoms with van der Waals surface area (Å²) < 4.78 is 7.29. The van der Waals surface area contributed by atoms with Gasteiger partial charge in [-0.15, -0.1) is 11.3 Å². The number of halogens is 1. The zero-order chi connectivity index (χ0) is 21.1. The molecule has 0 radical (unpaired) electrons. The zero-order valence-electron chi connectivity index (χ0n) is 17.6. The van der Waals surface area contributed by atoms with E-state index < -0.39 is 6.10 Å². The average molecular weight is 488 g/mol. The van der Waals surface area contributed by atoms with Crippen molar-refractivity contribution in [2.24, 2.45) is 5.92 Å². The highest BCUT2D eigenvalue weighted by molar-refractivity contribution is 9.11. The Balaban J connectivity index is 1.28. The molecule has 0 saturated heterocycles. The molecular formula is C25H30BrNO2S. The largest absolute Gasteiger partial charge is 0.389 e. The molecule has 2 atom stereocenters. The van der Waals surface area contributed by atoms with E-state index >= 15 is 0 Å². The van der Waals surface area contributed by atoms with Crippen LogP contribution in [-0.2, 0) is 11.2 Å². The first kappa shape index (κ1) is 22.0. The van der Waals surface area contributed by atoms with Gasteiger partial charge < -0.3 is 15.2 Å². The molecule has 3 nitrogen and oxygen atoms in total. The van der Waals surface area contributed by atoms with Crippen LogP contribution in [0.25, 0.3) is 10.8 Å². The number of thiophene rings is 1.